The molecule has 1 atom stereocenters. The van der Waals surface area contributed by atoms with Gasteiger partial charge in [-0.05, 0) is 55.8 Å². The summed E-state index contributed by atoms with van der Waals surface area (Å²) < 4.78 is 3.06. The monoisotopic (exact) mass is 482 g/mol. The third-order valence-corrected chi connectivity index (χ3v) is 5.77. The highest BCUT2D eigenvalue weighted by atomic mass is 79.9. The fourth-order valence-corrected chi connectivity index (χ4v) is 5.34. The summed E-state index contributed by atoms with van der Waals surface area (Å²) in [4.78, 5) is 4.87. The number of hydrogen-bond acceptors (Lipinski definition) is 3. The van der Waals surface area contributed by atoms with Crippen LogP contribution in [0.5, 0.6) is 0 Å². The van der Waals surface area contributed by atoms with Crippen molar-refractivity contribution in [1.82, 2.24) is 0 Å². The molecule has 1 unspecified atom stereocenters. The normalized spacial score (nSPS) is 19.7. The predicted octanol–water partition coefficient (Wildman–Crippen LogP) is 6.29. The second kappa shape index (κ2) is 6.71. The highest BCUT2D eigenvalue weighted by Gasteiger charge is 2.27. The van der Waals surface area contributed by atoms with E-state index in [0.29, 0.717) is 6.04 Å². The van der Waals surface area contributed by atoms with Crippen LogP contribution < -0.4 is 5.32 Å². The molecule has 0 saturated heterocycles. The largest absolute Gasteiger partial charge is 0.333 e. The Morgan fingerprint density at radius 1 is 1.20 bits per heavy atom. The minimum absolute atomic E-state index is 0.210. The van der Waals surface area contributed by atoms with Gasteiger partial charge in [-0.1, -0.05) is 48.5 Å². The van der Waals surface area contributed by atoms with Gasteiger partial charge in [-0.3, -0.25) is 4.99 Å². The Kier molecular flexibility index (Phi) is 5.65. The third-order valence-electron chi connectivity index (χ3n) is 3.14. The quantitative estimate of drug-likeness (QED) is 0.506. The van der Waals surface area contributed by atoms with Gasteiger partial charge in [0.05, 0.1) is 11.7 Å². The molecule has 1 aliphatic rings. The zero-order chi connectivity index (χ0) is 14.9. The van der Waals surface area contributed by atoms with Gasteiger partial charge in [-0.15, -0.1) is 0 Å². The highest BCUT2D eigenvalue weighted by molar-refractivity contribution is 9.11. The Morgan fingerprint density at radius 2 is 1.80 bits per heavy atom. The van der Waals surface area contributed by atoms with Crippen LogP contribution in [0.15, 0.2) is 30.5 Å². The van der Waals surface area contributed by atoms with E-state index < -0.39 is 0 Å². The summed E-state index contributed by atoms with van der Waals surface area (Å²) in [6, 6.07) is 4.43. The maximum absolute atomic E-state index is 4.87. The molecule has 1 heterocycles. The first kappa shape index (κ1) is 16.8. The lowest BCUT2D eigenvalue weighted by molar-refractivity contribution is 0.316. The minimum atomic E-state index is 0.210. The Labute approximate surface area is 150 Å². The van der Waals surface area contributed by atoms with Gasteiger partial charge in [-0.25, -0.2) is 0 Å². The molecule has 1 aliphatic heterocycles. The summed E-state index contributed by atoms with van der Waals surface area (Å²) in [6.07, 6.45) is 1.14. The van der Waals surface area contributed by atoms with Crippen molar-refractivity contribution in [3.63, 3.8) is 0 Å². The van der Waals surface area contributed by atoms with Crippen LogP contribution in [-0.2, 0) is 0 Å². The van der Waals surface area contributed by atoms with Crippen LogP contribution in [0.25, 0.3) is 0 Å². The van der Waals surface area contributed by atoms with Crippen molar-refractivity contribution in [2.24, 2.45) is 10.4 Å². The van der Waals surface area contributed by atoms with Gasteiger partial charge >= 0.3 is 0 Å². The van der Waals surface area contributed by atoms with Crippen molar-refractivity contribution in [2.75, 3.05) is 11.1 Å². The van der Waals surface area contributed by atoms with Crippen LogP contribution in [0.2, 0.25) is 0 Å². The van der Waals surface area contributed by atoms with Gasteiger partial charge in [0.1, 0.15) is 0 Å². The maximum atomic E-state index is 4.87. The second-order valence-electron chi connectivity index (χ2n) is 5.82. The summed E-state index contributed by atoms with van der Waals surface area (Å²) >= 11 is 12.5. The number of halogens is 3. The van der Waals surface area contributed by atoms with Crippen molar-refractivity contribution < 1.29 is 0 Å². The molecule has 0 radical (unpaired) electrons. The lowest BCUT2D eigenvalue weighted by Gasteiger charge is -2.31. The van der Waals surface area contributed by atoms with Crippen molar-refractivity contribution >= 4 is 70.4 Å². The molecular weight excluding hydrogens is 468 g/mol. The number of benzene rings is 1. The standard InChI is InChI=1S/C14H17Br3N2S/c1-14(2,3)11-4-5-20-13(18-11)19-12-9(16)6-8(15)7-10(12)17/h6-7,11H,4-5H2,1-3H3,(H,18,19). The first-order valence-electron chi connectivity index (χ1n) is 6.39. The number of amidine groups is 1. The van der Waals surface area contributed by atoms with Gasteiger partial charge < -0.3 is 5.32 Å². The number of rotatable bonds is 1. The zero-order valence-electron chi connectivity index (χ0n) is 11.6. The van der Waals surface area contributed by atoms with Gasteiger partial charge in [0, 0.05) is 19.2 Å². The molecular formula is C14H17Br3N2S. The number of aliphatic imine (C=N–C) groups is 1. The molecule has 0 aromatic heterocycles. The topological polar surface area (TPSA) is 24.4 Å². The molecule has 6 heteroatoms. The van der Waals surface area contributed by atoms with Crippen molar-refractivity contribution in [1.29, 1.82) is 0 Å². The number of anilines is 1. The van der Waals surface area contributed by atoms with E-state index in [0.717, 1.165) is 36.4 Å². The average molecular weight is 485 g/mol. The van der Waals surface area contributed by atoms with Crippen LogP contribution in [-0.4, -0.2) is 17.0 Å². The molecule has 2 nitrogen and oxygen atoms in total. The number of nitrogens with one attached hydrogen (secondary N) is 1. The van der Waals surface area contributed by atoms with Crippen LogP contribution >= 0.6 is 59.6 Å². The van der Waals surface area contributed by atoms with Gasteiger partial charge in [-0.2, -0.15) is 0 Å². The summed E-state index contributed by atoms with van der Waals surface area (Å²) in [7, 11) is 0. The van der Waals surface area contributed by atoms with E-state index in [-0.39, 0.29) is 5.41 Å². The SMILES string of the molecule is CC(C)(C)C1CCSC(Nc2c(Br)cc(Br)cc2Br)=N1. The number of thioether (sulfide) groups is 1. The number of nitrogens with zero attached hydrogens (tertiary/aromatic N) is 1. The molecule has 1 aromatic rings. The fraction of sp³-hybridized carbons (Fsp3) is 0.500. The first-order valence-corrected chi connectivity index (χ1v) is 9.76. The Bertz CT molecular complexity index is 515. The van der Waals surface area contributed by atoms with Crippen molar-refractivity contribution in [3.8, 4) is 0 Å². The molecule has 1 aromatic carbocycles. The molecule has 110 valence electrons. The lowest BCUT2D eigenvalue weighted by atomic mass is 9.85. The summed E-state index contributed by atoms with van der Waals surface area (Å²) in [5, 5.41) is 4.44. The van der Waals surface area contributed by atoms with Gasteiger partial charge in [0.15, 0.2) is 5.17 Å². The molecule has 0 bridgehead atoms. The van der Waals surface area contributed by atoms with E-state index >= 15 is 0 Å². The van der Waals surface area contributed by atoms with E-state index in [9.17, 15) is 0 Å². The summed E-state index contributed by atoms with van der Waals surface area (Å²) in [6.45, 7) is 6.75. The predicted molar refractivity (Wildman–Crippen MR) is 101 cm³/mol. The Hall–Kier alpha value is 0.480. The zero-order valence-corrected chi connectivity index (χ0v) is 17.2. The molecule has 20 heavy (non-hydrogen) atoms. The highest BCUT2D eigenvalue weighted by Crippen LogP contribution is 2.36. The van der Waals surface area contributed by atoms with Crippen LogP contribution in [0, 0.1) is 5.41 Å². The van der Waals surface area contributed by atoms with Crippen LogP contribution in [0.1, 0.15) is 27.2 Å². The van der Waals surface area contributed by atoms with E-state index in [2.05, 4.69) is 73.9 Å². The van der Waals surface area contributed by atoms with Crippen LogP contribution in [0.4, 0.5) is 5.69 Å². The molecule has 0 aliphatic carbocycles. The molecule has 0 amide bonds. The molecule has 0 saturated carbocycles. The van der Waals surface area contributed by atoms with E-state index in [4.69, 9.17) is 4.99 Å². The Morgan fingerprint density at radius 3 is 2.35 bits per heavy atom. The third kappa shape index (κ3) is 4.24. The van der Waals surface area contributed by atoms with Gasteiger partial charge in [0.25, 0.3) is 0 Å². The van der Waals surface area contributed by atoms with Crippen LogP contribution in [0.3, 0.4) is 0 Å². The molecule has 0 spiro atoms. The van der Waals surface area contributed by atoms with Crippen molar-refractivity contribution in [2.45, 2.75) is 33.2 Å². The fourth-order valence-electron chi connectivity index (χ4n) is 1.97. The number of hydrogen-bond donors (Lipinski definition) is 1. The first-order chi connectivity index (χ1) is 9.27. The maximum Gasteiger partial charge on any atom is 0.161 e. The Balaban J connectivity index is 2.24. The molecule has 1 N–H and O–H groups in total. The van der Waals surface area contributed by atoms with Gasteiger partial charge in [0.2, 0.25) is 0 Å². The van der Waals surface area contributed by atoms with E-state index in [1.165, 1.54) is 0 Å². The minimum Gasteiger partial charge on any atom is -0.333 e. The van der Waals surface area contributed by atoms with E-state index in [1.54, 1.807) is 11.8 Å². The lowest BCUT2D eigenvalue weighted by Crippen LogP contribution is -2.30. The molecule has 0 fully saturated rings. The summed E-state index contributed by atoms with van der Waals surface area (Å²) in [5.41, 5.74) is 1.23. The van der Waals surface area contributed by atoms with Crippen molar-refractivity contribution in [3.05, 3.63) is 25.6 Å². The summed E-state index contributed by atoms with van der Waals surface area (Å²) in [5.74, 6) is 1.11. The average Bonchev–Trinajstić information content (AvgIpc) is 2.33. The second-order valence-corrected chi connectivity index (χ2v) is 9.53. The smallest absolute Gasteiger partial charge is 0.161 e. The van der Waals surface area contributed by atoms with E-state index in [1.807, 2.05) is 12.1 Å². The molecule has 2 rings (SSSR count).